The first kappa shape index (κ1) is 18.5. The second-order valence-corrected chi connectivity index (χ2v) is 6.16. The third-order valence-corrected chi connectivity index (χ3v) is 4.29. The van der Waals surface area contributed by atoms with Crippen LogP contribution in [0.1, 0.15) is 33.2 Å². The number of esters is 1. The molecule has 0 spiro atoms. The molecular formula is C17H18N2O5S. The minimum atomic E-state index is -1.05. The van der Waals surface area contributed by atoms with E-state index in [0.29, 0.717) is 10.8 Å². The van der Waals surface area contributed by atoms with Crippen LogP contribution < -0.4 is 15.8 Å². The average Bonchev–Trinajstić information content (AvgIpc) is 3.03. The number of carbonyl (C=O) groups excluding carboxylic acids is 3. The number of nitrogens with two attached hydrogens (primary N) is 1. The zero-order valence-corrected chi connectivity index (χ0v) is 14.8. The van der Waals surface area contributed by atoms with E-state index in [1.807, 2.05) is 6.92 Å². The van der Waals surface area contributed by atoms with Crippen LogP contribution in [0, 0.1) is 6.92 Å². The van der Waals surface area contributed by atoms with E-state index in [1.165, 1.54) is 20.1 Å². The molecule has 7 nitrogen and oxygen atoms in total. The zero-order chi connectivity index (χ0) is 18.6. The maximum absolute atomic E-state index is 12.2. The van der Waals surface area contributed by atoms with Gasteiger partial charge in [0.25, 0.3) is 11.8 Å². The van der Waals surface area contributed by atoms with Crippen molar-refractivity contribution in [2.24, 2.45) is 5.73 Å². The van der Waals surface area contributed by atoms with Gasteiger partial charge < -0.3 is 20.5 Å². The summed E-state index contributed by atoms with van der Waals surface area (Å²) in [6.07, 6.45) is -1.05. The van der Waals surface area contributed by atoms with E-state index in [2.05, 4.69) is 5.32 Å². The molecule has 3 N–H and O–H groups in total. The maximum Gasteiger partial charge on any atom is 0.339 e. The number of methoxy groups -OCH3 is 1. The fourth-order valence-electron chi connectivity index (χ4n) is 2.04. The standard InChI is InChI=1S/C17H18N2O5S/c1-9-4-5-11(8-13(9)23-3)17(22)24-10(2)15(21)19-16-12(14(18)20)6-7-25-16/h4-8,10H,1-3H3,(H2,18,20)(H,19,21). The number of aryl methyl sites for hydroxylation is 1. The van der Waals surface area contributed by atoms with Gasteiger partial charge in [-0.15, -0.1) is 11.3 Å². The van der Waals surface area contributed by atoms with Gasteiger partial charge in [0.2, 0.25) is 0 Å². The highest BCUT2D eigenvalue weighted by atomic mass is 32.1. The quantitative estimate of drug-likeness (QED) is 0.767. The Hall–Kier alpha value is -2.87. The summed E-state index contributed by atoms with van der Waals surface area (Å²) in [4.78, 5) is 35.6. The summed E-state index contributed by atoms with van der Waals surface area (Å²) in [6, 6.07) is 6.38. The lowest BCUT2D eigenvalue weighted by molar-refractivity contribution is -0.123. The Morgan fingerprint density at radius 2 is 1.96 bits per heavy atom. The molecule has 8 heteroatoms. The molecule has 0 aliphatic heterocycles. The summed E-state index contributed by atoms with van der Waals surface area (Å²) in [5.41, 5.74) is 6.59. The van der Waals surface area contributed by atoms with E-state index in [-0.39, 0.29) is 11.1 Å². The molecule has 25 heavy (non-hydrogen) atoms. The number of amides is 2. The van der Waals surface area contributed by atoms with Crippen molar-refractivity contribution < 1.29 is 23.9 Å². The third-order valence-electron chi connectivity index (χ3n) is 3.46. The van der Waals surface area contributed by atoms with E-state index in [1.54, 1.807) is 23.6 Å². The number of thiophene rings is 1. The fraction of sp³-hybridized carbons (Fsp3) is 0.235. The van der Waals surface area contributed by atoms with Gasteiger partial charge in [0, 0.05) is 0 Å². The minimum absolute atomic E-state index is 0.208. The number of ether oxygens (including phenoxy) is 2. The van der Waals surface area contributed by atoms with Crippen LogP contribution in [0.2, 0.25) is 0 Å². The predicted molar refractivity (Wildman–Crippen MR) is 94.1 cm³/mol. The van der Waals surface area contributed by atoms with Crippen molar-refractivity contribution in [3.63, 3.8) is 0 Å². The lowest BCUT2D eigenvalue weighted by Gasteiger charge is -2.14. The Bertz CT molecular complexity index is 815. The molecule has 0 fully saturated rings. The van der Waals surface area contributed by atoms with E-state index in [9.17, 15) is 14.4 Å². The molecule has 0 saturated carbocycles. The summed E-state index contributed by atoms with van der Waals surface area (Å²) in [5, 5.41) is 4.48. The Morgan fingerprint density at radius 3 is 2.60 bits per heavy atom. The average molecular weight is 362 g/mol. The van der Waals surface area contributed by atoms with E-state index >= 15 is 0 Å². The highest BCUT2D eigenvalue weighted by molar-refractivity contribution is 7.14. The molecule has 0 saturated heterocycles. The van der Waals surface area contributed by atoms with Gasteiger partial charge >= 0.3 is 5.97 Å². The van der Waals surface area contributed by atoms with Gasteiger partial charge in [-0.1, -0.05) is 6.07 Å². The second kappa shape index (κ2) is 7.80. The molecule has 0 bridgehead atoms. The van der Waals surface area contributed by atoms with Crippen LogP contribution in [0.25, 0.3) is 0 Å². The Morgan fingerprint density at radius 1 is 1.24 bits per heavy atom. The van der Waals surface area contributed by atoms with Crippen LogP contribution >= 0.6 is 11.3 Å². The highest BCUT2D eigenvalue weighted by Crippen LogP contribution is 2.23. The molecule has 2 rings (SSSR count). The molecule has 0 radical (unpaired) electrons. The van der Waals surface area contributed by atoms with Crippen molar-refractivity contribution in [1.29, 1.82) is 0 Å². The summed E-state index contributed by atoms with van der Waals surface area (Å²) < 4.78 is 10.3. The van der Waals surface area contributed by atoms with Crippen LogP contribution in [0.4, 0.5) is 5.00 Å². The molecule has 0 aliphatic carbocycles. The second-order valence-electron chi connectivity index (χ2n) is 5.25. The molecular weight excluding hydrogens is 344 g/mol. The van der Waals surface area contributed by atoms with Crippen LogP contribution in [0.15, 0.2) is 29.6 Å². The van der Waals surface area contributed by atoms with Crippen molar-refractivity contribution in [2.45, 2.75) is 20.0 Å². The van der Waals surface area contributed by atoms with Gasteiger partial charge in [0.15, 0.2) is 6.10 Å². The Labute approximate surface area is 148 Å². The number of nitrogens with one attached hydrogen (secondary N) is 1. The van der Waals surface area contributed by atoms with E-state index in [4.69, 9.17) is 15.2 Å². The number of hydrogen-bond donors (Lipinski definition) is 2. The van der Waals surface area contributed by atoms with Crippen LogP contribution in [0.5, 0.6) is 5.75 Å². The van der Waals surface area contributed by atoms with Gasteiger partial charge in [-0.3, -0.25) is 9.59 Å². The SMILES string of the molecule is COc1cc(C(=O)OC(C)C(=O)Nc2sccc2C(N)=O)ccc1C. The molecule has 2 amide bonds. The van der Waals surface area contributed by atoms with Crippen LogP contribution in [-0.2, 0) is 9.53 Å². The van der Waals surface area contributed by atoms with Crippen molar-refractivity contribution in [1.82, 2.24) is 0 Å². The highest BCUT2D eigenvalue weighted by Gasteiger charge is 2.21. The molecule has 1 aromatic heterocycles. The number of primary amides is 1. The number of rotatable bonds is 6. The molecule has 1 aromatic carbocycles. The number of hydrogen-bond acceptors (Lipinski definition) is 6. The van der Waals surface area contributed by atoms with Gasteiger partial charge in [-0.05, 0) is 43.0 Å². The first-order chi connectivity index (χ1) is 11.8. The summed E-state index contributed by atoms with van der Waals surface area (Å²) >= 11 is 1.16. The molecule has 132 valence electrons. The Balaban J connectivity index is 2.04. The maximum atomic E-state index is 12.2. The normalized spacial score (nSPS) is 11.5. The van der Waals surface area contributed by atoms with Gasteiger partial charge in [-0.2, -0.15) is 0 Å². The topological polar surface area (TPSA) is 108 Å². The smallest absolute Gasteiger partial charge is 0.339 e. The van der Waals surface area contributed by atoms with E-state index in [0.717, 1.165) is 16.9 Å². The predicted octanol–water partition coefficient (Wildman–Crippen LogP) is 2.35. The van der Waals surface area contributed by atoms with Crippen molar-refractivity contribution in [3.8, 4) is 5.75 Å². The minimum Gasteiger partial charge on any atom is -0.496 e. The zero-order valence-electron chi connectivity index (χ0n) is 14.0. The molecule has 1 atom stereocenters. The van der Waals surface area contributed by atoms with Crippen LogP contribution in [-0.4, -0.2) is 31.0 Å². The Kier molecular flexibility index (Phi) is 5.76. The van der Waals surface area contributed by atoms with Crippen molar-refractivity contribution in [2.75, 3.05) is 12.4 Å². The molecule has 0 aliphatic rings. The first-order valence-electron chi connectivity index (χ1n) is 7.37. The van der Waals surface area contributed by atoms with Crippen molar-refractivity contribution in [3.05, 3.63) is 46.3 Å². The van der Waals surface area contributed by atoms with E-state index < -0.39 is 23.9 Å². The summed E-state index contributed by atoms with van der Waals surface area (Å²) in [7, 11) is 1.50. The molecule has 2 aromatic rings. The summed E-state index contributed by atoms with van der Waals surface area (Å²) in [5.74, 6) is -1.30. The van der Waals surface area contributed by atoms with Gasteiger partial charge in [0.1, 0.15) is 10.8 Å². The molecule has 1 unspecified atom stereocenters. The van der Waals surface area contributed by atoms with Gasteiger partial charge in [-0.25, -0.2) is 4.79 Å². The number of carbonyl (C=O) groups is 3. The lowest BCUT2D eigenvalue weighted by atomic mass is 10.1. The van der Waals surface area contributed by atoms with Crippen molar-refractivity contribution >= 4 is 34.1 Å². The fourth-order valence-corrected chi connectivity index (χ4v) is 2.84. The van der Waals surface area contributed by atoms with Gasteiger partial charge in [0.05, 0.1) is 18.2 Å². The molecule has 1 heterocycles. The third kappa shape index (κ3) is 4.36. The lowest BCUT2D eigenvalue weighted by Crippen LogP contribution is -2.30. The first-order valence-corrected chi connectivity index (χ1v) is 8.25. The number of benzene rings is 1. The summed E-state index contributed by atoms with van der Waals surface area (Å²) in [6.45, 7) is 3.29. The van der Waals surface area contributed by atoms with Crippen LogP contribution in [0.3, 0.4) is 0 Å². The largest absolute Gasteiger partial charge is 0.496 e. The number of anilines is 1. The monoisotopic (exact) mass is 362 g/mol.